The summed E-state index contributed by atoms with van der Waals surface area (Å²) in [5.41, 5.74) is 7.74. The van der Waals surface area contributed by atoms with Gasteiger partial charge in [0.1, 0.15) is 17.4 Å². The van der Waals surface area contributed by atoms with Crippen LogP contribution in [0, 0.1) is 22.7 Å². The van der Waals surface area contributed by atoms with E-state index in [1.807, 2.05) is 60.7 Å². The SMILES string of the molecule is N#CCCCCc1nc(-c2cccc(-c3cccc(-c4ccc(C5=NCCN5)c(OCCCC#N)c4)c3Cl)c2Cl)ccc1C1=NCCN1. The van der Waals surface area contributed by atoms with Gasteiger partial charge in [0.2, 0.25) is 0 Å². The van der Waals surface area contributed by atoms with Crippen molar-refractivity contribution >= 4 is 34.9 Å². The number of hydrogen-bond acceptors (Lipinski definition) is 8. The van der Waals surface area contributed by atoms with Crippen LogP contribution in [0.4, 0.5) is 0 Å². The minimum absolute atomic E-state index is 0.425. The van der Waals surface area contributed by atoms with Crippen LogP contribution in [0.15, 0.2) is 76.7 Å². The number of amidine groups is 2. The first-order valence-corrected chi connectivity index (χ1v) is 17.0. The maximum absolute atomic E-state index is 9.01. The summed E-state index contributed by atoms with van der Waals surface area (Å²) in [6.45, 7) is 3.48. The van der Waals surface area contributed by atoms with E-state index in [4.69, 9.17) is 43.4 Å². The lowest BCUT2D eigenvalue weighted by Crippen LogP contribution is -2.21. The fourth-order valence-electron chi connectivity index (χ4n) is 5.95. The molecule has 0 saturated heterocycles. The smallest absolute Gasteiger partial charge is 0.132 e. The number of rotatable bonds is 13. The van der Waals surface area contributed by atoms with E-state index in [9.17, 15) is 0 Å². The van der Waals surface area contributed by atoms with Crippen molar-refractivity contribution in [3.63, 3.8) is 0 Å². The molecule has 0 amide bonds. The van der Waals surface area contributed by atoms with Gasteiger partial charge in [-0.15, -0.1) is 0 Å². The Labute approximate surface area is 291 Å². The van der Waals surface area contributed by atoms with Crippen molar-refractivity contribution in [2.45, 2.75) is 38.5 Å². The summed E-state index contributed by atoms with van der Waals surface area (Å²) in [6.07, 6.45) is 4.00. The number of nitrogens with zero attached hydrogens (tertiary/aromatic N) is 5. The molecule has 0 bridgehead atoms. The van der Waals surface area contributed by atoms with Gasteiger partial charge in [-0.3, -0.25) is 15.0 Å². The summed E-state index contributed by atoms with van der Waals surface area (Å²) < 4.78 is 6.17. The number of ether oxygens (including phenoxy) is 1. The third kappa shape index (κ3) is 7.31. The highest BCUT2D eigenvalue weighted by atomic mass is 35.5. The van der Waals surface area contributed by atoms with E-state index >= 15 is 0 Å². The maximum atomic E-state index is 9.01. The Morgan fingerprint density at radius 2 is 1.31 bits per heavy atom. The molecule has 0 fully saturated rings. The zero-order chi connectivity index (χ0) is 33.3. The highest BCUT2D eigenvalue weighted by molar-refractivity contribution is 6.39. The van der Waals surface area contributed by atoms with Crippen molar-refractivity contribution in [3.8, 4) is 51.4 Å². The zero-order valence-electron chi connectivity index (χ0n) is 26.5. The fourth-order valence-corrected chi connectivity index (χ4v) is 6.61. The van der Waals surface area contributed by atoms with Crippen LogP contribution in [0.5, 0.6) is 5.75 Å². The zero-order valence-corrected chi connectivity index (χ0v) is 28.0. The van der Waals surface area contributed by atoms with Crippen LogP contribution in [0.3, 0.4) is 0 Å². The standard InChI is InChI=1S/C38H35Cl2N7O/c39-35-26(25-13-14-31(38-45-21-22-46-38)34(24-25)48-23-5-4-18-42)8-6-9-27(35)28-10-7-11-29(36(28)40)33-16-15-30(37-43-19-20-44-37)32(47-33)12-2-1-3-17-41/h6-11,13-16,24H,1-5,12,19-23H2,(H,43,44)(H,45,46). The Morgan fingerprint density at radius 3 is 2.00 bits per heavy atom. The molecule has 242 valence electrons. The molecule has 1 aromatic heterocycles. The predicted octanol–water partition coefficient (Wildman–Crippen LogP) is 8.01. The molecule has 6 rings (SSSR count). The van der Waals surface area contributed by atoms with Crippen molar-refractivity contribution < 1.29 is 4.74 Å². The summed E-state index contributed by atoms with van der Waals surface area (Å²) >= 11 is 14.4. The third-order valence-electron chi connectivity index (χ3n) is 8.33. The fraction of sp³-hybridized carbons (Fsp3) is 0.289. The van der Waals surface area contributed by atoms with Gasteiger partial charge in [0.15, 0.2) is 0 Å². The topological polar surface area (TPSA) is 118 Å². The minimum atomic E-state index is 0.425. The van der Waals surface area contributed by atoms with Gasteiger partial charge < -0.3 is 15.4 Å². The number of halogens is 2. The Kier molecular flexibility index (Phi) is 10.9. The van der Waals surface area contributed by atoms with E-state index in [1.54, 1.807) is 0 Å². The molecule has 8 nitrogen and oxygen atoms in total. The first kappa shape index (κ1) is 33.0. The molecule has 0 radical (unpaired) electrons. The maximum Gasteiger partial charge on any atom is 0.132 e. The van der Waals surface area contributed by atoms with E-state index in [1.165, 1.54) is 0 Å². The van der Waals surface area contributed by atoms with E-state index in [0.29, 0.717) is 48.2 Å². The van der Waals surface area contributed by atoms with Crippen molar-refractivity contribution in [1.29, 1.82) is 10.5 Å². The predicted molar refractivity (Wildman–Crippen MR) is 193 cm³/mol. The second-order valence-corrected chi connectivity index (χ2v) is 12.3. The Balaban J connectivity index is 1.34. The highest BCUT2D eigenvalue weighted by Crippen LogP contribution is 2.43. The Morgan fingerprint density at radius 1 is 0.688 bits per heavy atom. The van der Waals surface area contributed by atoms with Gasteiger partial charge in [-0.25, -0.2) is 0 Å². The van der Waals surface area contributed by atoms with Gasteiger partial charge in [0, 0.05) is 53.7 Å². The quantitative estimate of drug-likeness (QED) is 0.139. The molecule has 0 atom stereocenters. The summed E-state index contributed by atoms with van der Waals surface area (Å²) in [5.74, 6) is 2.36. The number of hydrogen-bond donors (Lipinski definition) is 2. The number of nitrogens with one attached hydrogen (secondary N) is 2. The number of aromatic nitrogens is 1. The van der Waals surface area contributed by atoms with E-state index in [0.717, 1.165) is 101 Å². The minimum Gasteiger partial charge on any atom is -0.493 e. The van der Waals surface area contributed by atoms with Crippen LogP contribution in [0.25, 0.3) is 33.5 Å². The lowest BCUT2D eigenvalue weighted by Gasteiger charge is -2.17. The van der Waals surface area contributed by atoms with Crippen molar-refractivity contribution in [3.05, 3.63) is 93.6 Å². The molecule has 10 heteroatoms. The van der Waals surface area contributed by atoms with Gasteiger partial charge in [-0.1, -0.05) is 65.7 Å². The summed E-state index contributed by atoms with van der Waals surface area (Å²) in [5, 5.41) is 25.8. The normalized spacial score (nSPS) is 13.6. The molecule has 4 aromatic rings. The second-order valence-electron chi connectivity index (χ2n) is 11.5. The Hall–Kier alpha value is -4.89. The van der Waals surface area contributed by atoms with Crippen LogP contribution in [-0.4, -0.2) is 49.4 Å². The van der Waals surface area contributed by atoms with Crippen LogP contribution in [0.2, 0.25) is 10.0 Å². The lowest BCUT2D eigenvalue weighted by molar-refractivity contribution is 0.312. The molecule has 0 saturated carbocycles. The summed E-state index contributed by atoms with van der Waals surface area (Å²) in [6, 6.07) is 26.3. The molecular weight excluding hydrogens is 641 g/mol. The Bertz CT molecular complexity index is 1820. The van der Waals surface area contributed by atoms with Crippen molar-refractivity contribution in [2.24, 2.45) is 9.98 Å². The first-order chi connectivity index (χ1) is 23.6. The first-order valence-electron chi connectivity index (χ1n) is 16.2. The van der Waals surface area contributed by atoms with Gasteiger partial charge in [0.25, 0.3) is 0 Å². The molecule has 2 N–H and O–H groups in total. The summed E-state index contributed by atoms with van der Waals surface area (Å²) in [7, 11) is 0. The summed E-state index contributed by atoms with van der Waals surface area (Å²) in [4.78, 5) is 14.3. The number of nitriles is 2. The molecule has 3 aromatic carbocycles. The van der Waals surface area contributed by atoms with Crippen LogP contribution < -0.4 is 15.4 Å². The van der Waals surface area contributed by atoms with Crippen LogP contribution in [-0.2, 0) is 6.42 Å². The molecular formula is C38H35Cl2N7O. The largest absolute Gasteiger partial charge is 0.493 e. The number of aryl methyl sites for hydroxylation is 1. The van der Waals surface area contributed by atoms with Gasteiger partial charge in [-0.2, -0.15) is 10.5 Å². The van der Waals surface area contributed by atoms with Crippen LogP contribution >= 0.6 is 23.2 Å². The number of benzene rings is 3. The number of pyridine rings is 1. The van der Waals surface area contributed by atoms with Gasteiger partial charge >= 0.3 is 0 Å². The van der Waals surface area contributed by atoms with Crippen LogP contribution in [0.1, 0.15) is 48.9 Å². The van der Waals surface area contributed by atoms with Gasteiger partial charge in [-0.05, 0) is 55.5 Å². The molecule has 0 unspecified atom stereocenters. The number of aliphatic imine (C=N–C) groups is 2. The average Bonchev–Trinajstić information content (AvgIpc) is 3.85. The monoisotopic (exact) mass is 675 g/mol. The second kappa shape index (κ2) is 15.8. The third-order valence-corrected chi connectivity index (χ3v) is 9.15. The molecule has 0 aliphatic carbocycles. The molecule has 2 aliphatic rings. The molecule has 3 heterocycles. The van der Waals surface area contributed by atoms with E-state index in [2.05, 4.69) is 38.8 Å². The lowest BCUT2D eigenvalue weighted by atomic mass is 9.95. The number of unbranched alkanes of at least 4 members (excludes halogenated alkanes) is 3. The van der Waals surface area contributed by atoms with Crippen molar-refractivity contribution in [2.75, 3.05) is 32.8 Å². The molecule has 0 spiro atoms. The average molecular weight is 677 g/mol. The van der Waals surface area contributed by atoms with Crippen molar-refractivity contribution in [1.82, 2.24) is 15.6 Å². The highest BCUT2D eigenvalue weighted by Gasteiger charge is 2.20. The molecule has 48 heavy (non-hydrogen) atoms. The van der Waals surface area contributed by atoms with E-state index in [-0.39, 0.29) is 0 Å². The van der Waals surface area contributed by atoms with E-state index < -0.39 is 0 Å². The molecule has 2 aliphatic heterocycles. The van der Waals surface area contributed by atoms with Gasteiger partial charge in [0.05, 0.1) is 58.8 Å².